The summed E-state index contributed by atoms with van der Waals surface area (Å²) >= 11 is 0. The van der Waals surface area contributed by atoms with Crippen molar-refractivity contribution in [2.75, 3.05) is 9.80 Å². The van der Waals surface area contributed by atoms with Crippen molar-refractivity contribution in [2.24, 2.45) is 5.92 Å². The van der Waals surface area contributed by atoms with Crippen molar-refractivity contribution in [3.63, 3.8) is 0 Å². The molecule has 2 aliphatic carbocycles. The highest BCUT2D eigenvalue weighted by Crippen LogP contribution is 2.56. The molecule has 0 fully saturated rings. The summed E-state index contributed by atoms with van der Waals surface area (Å²) in [5.41, 5.74) is 12.3. The van der Waals surface area contributed by atoms with Gasteiger partial charge in [0.2, 0.25) is 0 Å². The Balaban J connectivity index is 1.08. The second-order valence-electron chi connectivity index (χ2n) is 14.9. The van der Waals surface area contributed by atoms with Gasteiger partial charge in [-0.1, -0.05) is 117 Å². The van der Waals surface area contributed by atoms with Gasteiger partial charge in [-0.2, -0.15) is 10.5 Å². The van der Waals surface area contributed by atoms with Gasteiger partial charge in [0.05, 0.1) is 35.4 Å². The lowest BCUT2D eigenvalue weighted by Crippen LogP contribution is -2.42. The molecule has 0 bridgehead atoms. The fourth-order valence-corrected chi connectivity index (χ4v) is 9.55. The Hall–Kier alpha value is -6.10. The van der Waals surface area contributed by atoms with Crippen LogP contribution in [0.5, 0.6) is 0 Å². The van der Waals surface area contributed by atoms with Gasteiger partial charge in [0.25, 0.3) is 0 Å². The molecule has 5 unspecified atom stereocenters. The number of benzene rings is 5. The van der Waals surface area contributed by atoms with Crippen LogP contribution in [0, 0.1) is 28.6 Å². The average molecular weight is 659 g/mol. The topological polar surface area (TPSA) is 54.1 Å². The fourth-order valence-electron chi connectivity index (χ4n) is 9.55. The number of allylic oxidation sites excluding steroid dienone is 3. The Morgan fingerprint density at radius 2 is 1.33 bits per heavy atom. The van der Waals surface area contributed by atoms with Crippen molar-refractivity contribution in [3.8, 4) is 34.4 Å². The van der Waals surface area contributed by atoms with E-state index in [2.05, 4.69) is 170 Å². The van der Waals surface area contributed by atoms with Gasteiger partial charge in [0, 0.05) is 39.1 Å². The Morgan fingerprint density at radius 3 is 2.08 bits per heavy atom. The molecule has 246 valence electrons. The second-order valence-corrected chi connectivity index (χ2v) is 14.9. The van der Waals surface area contributed by atoms with E-state index in [-0.39, 0.29) is 22.9 Å². The minimum absolute atomic E-state index is 0.0155. The molecule has 9 rings (SSSR count). The summed E-state index contributed by atoms with van der Waals surface area (Å²) in [7, 11) is 0. The molecule has 51 heavy (non-hydrogen) atoms. The number of rotatable bonds is 4. The largest absolute Gasteiger partial charge is 0.333 e. The highest BCUT2D eigenvalue weighted by Gasteiger charge is 2.50. The number of hydrogen-bond acceptors (Lipinski definition) is 4. The third kappa shape index (κ3) is 4.50. The van der Waals surface area contributed by atoms with Crippen molar-refractivity contribution in [2.45, 2.75) is 50.1 Å². The van der Waals surface area contributed by atoms with Gasteiger partial charge in [-0.25, -0.2) is 0 Å². The lowest BCUT2D eigenvalue weighted by atomic mass is 9.69. The van der Waals surface area contributed by atoms with Crippen molar-refractivity contribution < 1.29 is 0 Å². The zero-order chi connectivity index (χ0) is 34.9. The van der Waals surface area contributed by atoms with E-state index in [0.29, 0.717) is 11.5 Å². The van der Waals surface area contributed by atoms with Crippen LogP contribution in [0.1, 0.15) is 43.9 Å². The standard InChI is InChI=1S/C47H38N4/c1-31-18-25-44-47(3,28-31)40-14-6-9-17-43(40)51(44)41-15-7-4-12-38(41)33-21-24-37(35(27-33)30-49)32-19-22-36(23-20-32)50-42-16-8-5-13-39(42)46(2)26-10-11-34(29-48)45(46)50/h4-27,31,44-45H,28H2,1-3H3. The van der Waals surface area contributed by atoms with E-state index in [1.54, 1.807) is 0 Å². The van der Waals surface area contributed by atoms with E-state index in [1.165, 1.54) is 16.8 Å². The first-order valence-corrected chi connectivity index (χ1v) is 17.8. The van der Waals surface area contributed by atoms with Crippen molar-refractivity contribution in [1.29, 1.82) is 10.5 Å². The average Bonchev–Trinajstić information content (AvgIpc) is 3.59. The molecule has 5 atom stereocenters. The number of nitriles is 2. The van der Waals surface area contributed by atoms with Gasteiger partial charge < -0.3 is 9.80 Å². The first kappa shape index (κ1) is 30.9. The third-order valence-electron chi connectivity index (χ3n) is 11.9. The summed E-state index contributed by atoms with van der Waals surface area (Å²) < 4.78 is 0. The number of nitrogens with zero attached hydrogens (tertiary/aromatic N) is 4. The lowest BCUT2D eigenvalue weighted by molar-refractivity contribution is 0.353. The van der Waals surface area contributed by atoms with Crippen molar-refractivity contribution in [3.05, 3.63) is 168 Å². The predicted octanol–water partition coefficient (Wildman–Crippen LogP) is 11.1. The van der Waals surface area contributed by atoms with Crippen LogP contribution in [0.4, 0.5) is 22.7 Å². The molecule has 0 radical (unpaired) electrons. The zero-order valence-corrected chi connectivity index (χ0v) is 29.1. The maximum Gasteiger partial charge on any atom is 0.0998 e. The Bertz CT molecular complexity index is 2400. The molecule has 4 heteroatoms. The molecule has 2 heterocycles. The van der Waals surface area contributed by atoms with Crippen LogP contribution in [-0.2, 0) is 10.8 Å². The van der Waals surface area contributed by atoms with E-state index in [1.807, 2.05) is 18.2 Å². The van der Waals surface area contributed by atoms with Gasteiger partial charge in [-0.05, 0) is 89.6 Å². The van der Waals surface area contributed by atoms with Crippen LogP contribution >= 0.6 is 0 Å². The molecule has 0 saturated carbocycles. The highest BCUT2D eigenvalue weighted by molar-refractivity contribution is 5.88. The van der Waals surface area contributed by atoms with Crippen molar-refractivity contribution in [1.82, 2.24) is 0 Å². The van der Waals surface area contributed by atoms with E-state index in [9.17, 15) is 10.5 Å². The SMILES string of the molecule is CC1C=CC2N(c3ccccc3-c3ccc(-c4ccc(N5c6ccccc6C6(C)C=CC=C(C#N)C56)cc4)c(C#N)c3)c3ccccc3C2(C)C1. The quantitative estimate of drug-likeness (QED) is 0.180. The van der Waals surface area contributed by atoms with Crippen molar-refractivity contribution >= 4 is 22.7 Å². The van der Waals surface area contributed by atoms with Crippen LogP contribution in [-0.4, -0.2) is 12.1 Å². The second kappa shape index (κ2) is 11.5. The monoisotopic (exact) mass is 658 g/mol. The normalized spacial score (nSPS) is 25.3. The van der Waals surface area contributed by atoms with Gasteiger partial charge in [-0.3, -0.25) is 0 Å². The predicted molar refractivity (Wildman–Crippen MR) is 207 cm³/mol. The van der Waals surface area contributed by atoms with Gasteiger partial charge in [0.15, 0.2) is 0 Å². The summed E-state index contributed by atoms with van der Waals surface area (Å²) in [4.78, 5) is 4.81. The Morgan fingerprint density at radius 1 is 0.667 bits per heavy atom. The van der Waals surface area contributed by atoms with Crippen LogP contribution in [0.15, 0.2) is 151 Å². The highest BCUT2D eigenvalue weighted by atomic mass is 15.2. The molecule has 0 aromatic heterocycles. The minimum atomic E-state index is -0.309. The molecule has 5 aromatic rings. The summed E-state index contributed by atoms with van der Waals surface area (Å²) in [5, 5.41) is 20.6. The number of anilines is 4. The summed E-state index contributed by atoms with van der Waals surface area (Å²) in [6, 6.07) is 45.7. The fraction of sp³-hybridized carbons (Fsp3) is 0.191. The first-order valence-electron chi connectivity index (χ1n) is 17.8. The Labute approximate surface area is 300 Å². The van der Waals surface area contributed by atoms with E-state index < -0.39 is 0 Å². The van der Waals surface area contributed by atoms with Gasteiger partial charge in [-0.15, -0.1) is 0 Å². The molecule has 0 N–H and O–H groups in total. The molecule has 5 aromatic carbocycles. The molecule has 2 aliphatic heterocycles. The summed E-state index contributed by atoms with van der Waals surface area (Å²) in [6.07, 6.45) is 12.0. The first-order chi connectivity index (χ1) is 24.9. The van der Waals surface area contributed by atoms with Crippen LogP contribution in [0.3, 0.4) is 0 Å². The van der Waals surface area contributed by atoms with E-state index >= 15 is 0 Å². The maximum atomic E-state index is 10.5. The van der Waals surface area contributed by atoms with E-state index in [0.717, 1.165) is 51.3 Å². The molecular weight excluding hydrogens is 621 g/mol. The van der Waals surface area contributed by atoms with Gasteiger partial charge >= 0.3 is 0 Å². The van der Waals surface area contributed by atoms with E-state index in [4.69, 9.17) is 0 Å². The van der Waals surface area contributed by atoms with Crippen LogP contribution in [0.2, 0.25) is 0 Å². The lowest BCUT2D eigenvalue weighted by Gasteiger charge is -2.40. The van der Waals surface area contributed by atoms with Crippen LogP contribution in [0.25, 0.3) is 22.3 Å². The molecule has 0 saturated heterocycles. The maximum absolute atomic E-state index is 10.5. The summed E-state index contributed by atoms with van der Waals surface area (Å²) in [5.74, 6) is 0.525. The van der Waals surface area contributed by atoms with Crippen LogP contribution < -0.4 is 9.80 Å². The molecule has 0 amide bonds. The molecule has 4 aliphatic rings. The molecule has 4 nitrogen and oxygen atoms in total. The van der Waals surface area contributed by atoms with Gasteiger partial charge in [0.1, 0.15) is 0 Å². The Kier molecular flexibility index (Phi) is 6.96. The minimum Gasteiger partial charge on any atom is -0.333 e. The smallest absolute Gasteiger partial charge is 0.0998 e. The number of fused-ring (bicyclic) bond motifs is 6. The molecule has 0 spiro atoms. The summed E-state index contributed by atoms with van der Waals surface area (Å²) in [6.45, 7) is 6.95. The third-order valence-corrected chi connectivity index (χ3v) is 11.9. The number of hydrogen-bond donors (Lipinski definition) is 0. The number of para-hydroxylation sites is 3. The zero-order valence-electron chi connectivity index (χ0n) is 29.1. The molecular formula is C47H38N4.